The normalized spacial score (nSPS) is 10.8. The molecule has 0 fully saturated rings. The van der Waals surface area contributed by atoms with E-state index in [1.54, 1.807) is 0 Å². The number of nitrogens with zero attached hydrogens (tertiary/aromatic N) is 1. The van der Waals surface area contributed by atoms with Crippen LogP contribution in [0.4, 0.5) is 5.69 Å². The maximum Gasteiger partial charge on any atom is 0.234 e. The van der Waals surface area contributed by atoms with E-state index in [-0.39, 0.29) is 23.3 Å². The van der Waals surface area contributed by atoms with Crippen molar-refractivity contribution in [2.45, 2.75) is 19.9 Å². The highest BCUT2D eigenvalue weighted by molar-refractivity contribution is 8.00. The molecule has 0 saturated carbocycles. The summed E-state index contributed by atoms with van der Waals surface area (Å²) >= 11 is 1.32. The first kappa shape index (κ1) is 20.0. The zero-order chi connectivity index (χ0) is 19.8. The highest BCUT2D eigenvalue weighted by atomic mass is 32.2. The largest absolute Gasteiger partial charge is 0.355 e. The molecule has 0 saturated heterocycles. The number of fused-ring (bicyclic) bond motifs is 1. The van der Waals surface area contributed by atoms with Crippen LogP contribution in [0.15, 0.2) is 60.8 Å². The fourth-order valence-corrected chi connectivity index (χ4v) is 3.67. The quantitative estimate of drug-likeness (QED) is 0.541. The summed E-state index contributed by atoms with van der Waals surface area (Å²) in [7, 11) is 0. The summed E-state index contributed by atoms with van der Waals surface area (Å²) in [6, 6.07) is 18.0. The van der Waals surface area contributed by atoms with Gasteiger partial charge in [-0.25, -0.2) is 0 Å². The zero-order valence-electron chi connectivity index (χ0n) is 16.0. The first-order valence-corrected chi connectivity index (χ1v) is 10.5. The summed E-state index contributed by atoms with van der Waals surface area (Å²) in [5.74, 6) is 0.415. The van der Waals surface area contributed by atoms with Gasteiger partial charge < -0.3 is 15.2 Å². The number of anilines is 1. The summed E-state index contributed by atoms with van der Waals surface area (Å²) in [4.78, 5) is 23.9. The van der Waals surface area contributed by atoms with Gasteiger partial charge in [0.1, 0.15) is 0 Å². The minimum atomic E-state index is -0.0946. The average Bonchev–Trinajstić information content (AvgIpc) is 3.08. The van der Waals surface area contributed by atoms with Crippen LogP contribution in [0.5, 0.6) is 0 Å². The Kier molecular flexibility index (Phi) is 7.14. The second kappa shape index (κ2) is 9.99. The number of thioether (sulfide) groups is 1. The lowest BCUT2D eigenvalue weighted by Crippen LogP contribution is -2.27. The van der Waals surface area contributed by atoms with Gasteiger partial charge in [0.15, 0.2) is 0 Å². The first-order chi connectivity index (χ1) is 13.6. The third kappa shape index (κ3) is 5.89. The van der Waals surface area contributed by atoms with Crippen molar-refractivity contribution in [3.05, 3.63) is 66.4 Å². The molecule has 0 aliphatic heterocycles. The maximum atomic E-state index is 11.9. The number of para-hydroxylation sites is 1. The number of hydrogen-bond acceptors (Lipinski definition) is 3. The molecule has 2 aromatic carbocycles. The molecule has 3 rings (SSSR count). The van der Waals surface area contributed by atoms with Gasteiger partial charge in [-0.3, -0.25) is 9.59 Å². The fourth-order valence-electron chi connectivity index (χ4n) is 3.02. The molecule has 28 heavy (non-hydrogen) atoms. The summed E-state index contributed by atoms with van der Waals surface area (Å²) in [6.45, 7) is 3.47. The van der Waals surface area contributed by atoms with Crippen LogP contribution in [-0.2, 0) is 16.1 Å². The van der Waals surface area contributed by atoms with Crippen LogP contribution in [0.2, 0.25) is 0 Å². The molecule has 3 aromatic rings. The summed E-state index contributed by atoms with van der Waals surface area (Å²) in [5.41, 5.74) is 3.09. The molecule has 5 nitrogen and oxygen atoms in total. The van der Waals surface area contributed by atoms with Crippen LogP contribution in [0.1, 0.15) is 12.0 Å². The number of aromatic nitrogens is 1. The van der Waals surface area contributed by atoms with E-state index in [0.29, 0.717) is 6.54 Å². The van der Waals surface area contributed by atoms with Crippen molar-refractivity contribution in [1.29, 1.82) is 0 Å². The molecule has 1 heterocycles. The fraction of sp³-hybridized carbons (Fsp3) is 0.273. The van der Waals surface area contributed by atoms with Crippen molar-refractivity contribution in [1.82, 2.24) is 9.88 Å². The van der Waals surface area contributed by atoms with Crippen molar-refractivity contribution in [2.24, 2.45) is 0 Å². The lowest BCUT2D eigenvalue weighted by atomic mass is 10.2. The number of carbonyl (C=O) groups is 2. The van der Waals surface area contributed by atoms with Gasteiger partial charge in [-0.15, -0.1) is 11.8 Å². The summed E-state index contributed by atoms with van der Waals surface area (Å²) < 4.78 is 2.20. The van der Waals surface area contributed by atoms with Gasteiger partial charge in [-0.05, 0) is 48.6 Å². The Morgan fingerprint density at radius 1 is 1.00 bits per heavy atom. The molecular weight excluding hydrogens is 370 g/mol. The Morgan fingerprint density at radius 3 is 2.68 bits per heavy atom. The SMILES string of the molecule is Cc1cccc(NC(=O)CSCC(=O)NCCCn2ccc3ccccc32)c1. The maximum absolute atomic E-state index is 11.9. The Bertz CT molecular complexity index is 952. The molecule has 146 valence electrons. The average molecular weight is 396 g/mol. The first-order valence-electron chi connectivity index (χ1n) is 9.37. The van der Waals surface area contributed by atoms with E-state index >= 15 is 0 Å². The van der Waals surface area contributed by atoms with Gasteiger partial charge in [0.2, 0.25) is 11.8 Å². The second-order valence-corrected chi connectivity index (χ2v) is 7.67. The highest BCUT2D eigenvalue weighted by Crippen LogP contribution is 2.15. The molecule has 2 N–H and O–H groups in total. The van der Waals surface area contributed by atoms with Gasteiger partial charge in [-0.2, -0.15) is 0 Å². The lowest BCUT2D eigenvalue weighted by Gasteiger charge is -2.08. The van der Waals surface area contributed by atoms with E-state index in [1.165, 1.54) is 22.7 Å². The van der Waals surface area contributed by atoms with E-state index in [9.17, 15) is 9.59 Å². The van der Waals surface area contributed by atoms with Crippen molar-refractivity contribution in [2.75, 3.05) is 23.4 Å². The van der Waals surface area contributed by atoms with Gasteiger partial charge in [-0.1, -0.05) is 30.3 Å². The van der Waals surface area contributed by atoms with Crippen molar-refractivity contribution < 1.29 is 9.59 Å². The number of carbonyl (C=O) groups excluding carboxylic acids is 2. The van der Waals surface area contributed by atoms with Crippen molar-refractivity contribution >= 4 is 40.2 Å². The number of aryl methyl sites for hydroxylation is 2. The molecule has 2 amide bonds. The molecule has 0 spiro atoms. The number of benzene rings is 2. The van der Waals surface area contributed by atoms with Crippen LogP contribution in [0.3, 0.4) is 0 Å². The molecule has 0 aliphatic rings. The van der Waals surface area contributed by atoms with Gasteiger partial charge in [0.05, 0.1) is 11.5 Å². The molecule has 0 atom stereocenters. The zero-order valence-corrected chi connectivity index (χ0v) is 16.8. The van der Waals surface area contributed by atoms with Gasteiger partial charge >= 0.3 is 0 Å². The Hall–Kier alpha value is -2.73. The van der Waals surface area contributed by atoms with E-state index in [1.807, 2.05) is 43.3 Å². The summed E-state index contributed by atoms with van der Waals surface area (Å²) in [6.07, 6.45) is 2.94. The van der Waals surface area contributed by atoms with Crippen LogP contribution in [0, 0.1) is 6.92 Å². The second-order valence-electron chi connectivity index (χ2n) is 6.68. The van der Waals surface area contributed by atoms with E-state index in [2.05, 4.69) is 39.6 Å². The van der Waals surface area contributed by atoms with E-state index < -0.39 is 0 Å². The van der Waals surface area contributed by atoms with E-state index in [4.69, 9.17) is 0 Å². The van der Waals surface area contributed by atoms with Crippen LogP contribution in [0.25, 0.3) is 10.9 Å². The third-order valence-corrected chi connectivity index (χ3v) is 5.28. The number of nitrogens with one attached hydrogen (secondary N) is 2. The van der Waals surface area contributed by atoms with Crippen LogP contribution < -0.4 is 10.6 Å². The van der Waals surface area contributed by atoms with Gasteiger partial charge in [0.25, 0.3) is 0 Å². The number of hydrogen-bond donors (Lipinski definition) is 2. The molecule has 6 heteroatoms. The topological polar surface area (TPSA) is 63.1 Å². The molecule has 0 unspecified atom stereocenters. The minimum Gasteiger partial charge on any atom is -0.355 e. The molecule has 1 aromatic heterocycles. The van der Waals surface area contributed by atoms with Crippen LogP contribution in [-0.4, -0.2) is 34.4 Å². The predicted octanol–water partition coefficient (Wildman–Crippen LogP) is 3.83. The Morgan fingerprint density at radius 2 is 1.82 bits per heavy atom. The minimum absolute atomic E-state index is 0.0364. The van der Waals surface area contributed by atoms with Crippen LogP contribution >= 0.6 is 11.8 Å². The standard InChI is InChI=1S/C22H25N3O2S/c1-17-6-4-8-19(14-17)24-22(27)16-28-15-21(26)23-11-5-12-25-13-10-18-7-2-3-9-20(18)25/h2-4,6-10,13-14H,5,11-12,15-16H2,1H3,(H,23,26)(H,24,27). The van der Waals surface area contributed by atoms with E-state index in [0.717, 1.165) is 24.2 Å². The monoisotopic (exact) mass is 395 g/mol. The third-order valence-electron chi connectivity index (χ3n) is 4.35. The van der Waals surface area contributed by atoms with Crippen molar-refractivity contribution in [3.63, 3.8) is 0 Å². The molecular formula is C22H25N3O2S. The van der Waals surface area contributed by atoms with Gasteiger partial charge in [0, 0.05) is 30.5 Å². The Balaban J connectivity index is 1.30. The highest BCUT2D eigenvalue weighted by Gasteiger charge is 2.06. The Labute approximate surface area is 169 Å². The number of amides is 2. The smallest absolute Gasteiger partial charge is 0.234 e. The summed E-state index contributed by atoms with van der Waals surface area (Å²) in [5, 5.41) is 6.99. The molecule has 0 radical (unpaired) electrons. The molecule has 0 aliphatic carbocycles. The lowest BCUT2D eigenvalue weighted by molar-refractivity contribution is -0.118. The van der Waals surface area contributed by atoms with Crippen molar-refractivity contribution in [3.8, 4) is 0 Å². The number of rotatable bonds is 9. The molecule has 0 bridgehead atoms. The predicted molar refractivity (Wildman–Crippen MR) is 117 cm³/mol.